The van der Waals surface area contributed by atoms with E-state index < -0.39 is 0 Å². The second kappa shape index (κ2) is 7.65. The maximum Gasteiger partial charge on any atom is 0.315 e. The fraction of sp³-hybridized carbons (Fsp3) is 0.562. The Bertz CT molecular complexity index is 671. The zero-order valence-electron chi connectivity index (χ0n) is 14.1. The molecule has 1 saturated heterocycles. The van der Waals surface area contributed by atoms with Gasteiger partial charge in [0.1, 0.15) is 5.76 Å². The molecule has 2 aromatic rings. The molecule has 1 aliphatic heterocycles. The highest BCUT2D eigenvalue weighted by Gasteiger charge is 2.15. The maximum atomic E-state index is 11.8. The molecule has 0 atom stereocenters. The number of nitrogens with zero attached hydrogens (tertiary/aromatic N) is 3. The Hall–Kier alpha value is -2.09. The van der Waals surface area contributed by atoms with Crippen molar-refractivity contribution in [1.29, 1.82) is 0 Å². The largest absolute Gasteiger partial charge is 0.444 e. The topological polar surface area (TPSA) is 83.3 Å². The Labute approximate surface area is 145 Å². The molecular weight excluding hydrogens is 326 g/mol. The number of oxazole rings is 1. The van der Waals surface area contributed by atoms with Crippen molar-refractivity contribution < 1.29 is 9.21 Å². The standard InChI is InChI=1S/C16H23N5O2S/c1-11-12(2)23-14(19-11)9-18-15(22)17-6-5-13-10-24-16(20-13)21-7-3-4-8-21/h10H,3-9H2,1-2H3,(H2,17,18,22). The Kier molecular flexibility index (Phi) is 5.34. The van der Waals surface area contributed by atoms with Crippen LogP contribution in [0.3, 0.4) is 0 Å². The molecule has 1 fully saturated rings. The molecule has 24 heavy (non-hydrogen) atoms. The van der Waals surface area contributed by atoms with Gasteiger partial charge < -0.3 is 20.0 Å². The Morgan fingerprint density at radius 3 is 2.79 bits per heavy atom. The fourth-order valence-corrected chi connectivity index (χ4v) is 3.52. The minimum absolute atomic E-state index is 0.224. The number of aryl methyl sites for hydroxylation is 2. The summed E-state index contributed by atoms with van der Waals surface area (Å²) in [7, 11) is 0. The molecule has 2 amide bonds. The smallest absolute Gasteiger partial charge is 0.315 e. The number of aromatic nitrogens is 2. The second-order valence-electron chi connectivity index (χ2n) is 5.92. The Morgan fingerprint density at radius 1 is 1.29 bits per heavy atom. The van der Waals surface area contributed by atoms with Crippen LogP contribution in [-0.2, 0) is 13.0 Å². The van der Waals surface area contributed by atoms with Gasteiger partial charge in [0.25, 0.3) is 0 Å². The van der Waals surface area contributed by atoms with Gasteiger partial charge in [0, 0.05) is 31.4 Å². The van der Waals surface area contributed by atoms with Crippen LogP contribution in [0, 0.1) is 13.8 Å². The molecule has 0 unspecified atom stereocenters. The molecule has 2 N–H and O–H groups in total. The third kappa shape index (κ3) is 4.25. The number of nitrogens with one attached hydrogen (secondary N) is 2. The average molecular weight is 349 g/mol. The maximum absolute atomic E-state index is 11.8. The van der Waals surface area contributed by atoms with E-state index in [1.165, 1.54) is 12.8 Å². The number of anilines is 1. The zero-order chi connectivity index (χ0) is 16.9. The summed E-state index contributed by atoms with van der Waals surface area (Å²) in [4.78, 5) is 23.0. The zero-order valence-corrected chi connectivity index (χ0v) is 14.9. The molecule has 0 spiro atoms. The van der Waals surface area contributed by atoms with Crippen LogP contribution in [0.1, 0.15) is 35.9 Å². The Balaban J connectivity index is 1.37. The second-order valence-corrected chi connectivity index (χ2v) is 6.76. The minimum atomic E-state index is -0.224. The van der Waals surface area contributed by atoms with Gasteiger partial charge in [-0.1, -0.05) is 0 Å². The van der Waals surface area contributed by atoms with E-state index in [9.17, 15) is 4.79 Å². The molecule has 2 aromatic heterocycles. The quantitative estimate of drug-likeness (QED) is 0.837. The summed E-state index contributed by atoms with van der Waals surface area (Å²) in [5.74, 6) is 1.31. The molecule has 3 heterocycles. The van der Waals surface area contributed by atoms with Gasteiger partial charge in [-0.25, -0.2) is 14.8 Å². The summed E-state index contributed by atoms with van der Waals surface area (Å²) in [6, 6.07) is -0.224. The summed E-state index contributed by atoms with van der Waals surface area (Å²) < 4.78 is 5.42. The highest BCUT2D eigenvalue weighted by molar-refractivity contribution is 7.13. The predicted molar refractivity (Wildman–Crippen MR) is 93.5 cm³/mol. The summed E-state index contributed by atoms with van der Waals surface area (Å²) in [5, 5.41) is 8.75. The number of carbonyl (C=O) groups excluding carboxylic acids is 1. The predicted octanol–water partition coefficient (Wildman–Crippen LogP) is 2.39. The first-order valence-electron chi connectivity index (χ1n) is 8.26. The van der Waals surface area contributed by atoms with Crippen molar-refractivity contribution in [2.45, 2.75) is 39.7 Å². The first kappa shape index (κ1) is 16.8. The number of amides is 2. The van der Waals surface area contributed by atoms with Crippen LogP contribution in [0.4, 0.5) is 9.93 Å². The van der Waals surface area contributed by atoms with Crippen molar-refractivity contribution in [2.75, 3.05) is 24.5 Å². The lowest BCUT2D eigenvalue weighted by Crippen LogP contribution is -2.36. The number of thiazole rings is 1. The van der Waals surface area contributed by atoms with E-state index in [-0.39, 0.29) is 12.6 Å². The highest BCUT2D eigenvalue weighted by Crippen LogP contribution is 2.24. The van der Waals surface area contributed by atoms with Gasteiger partial charge in [-0.3, -0.25) is 0 Å². The SMILES string of the molecule is Cc1nc(CNC(=O)NCCc2csc(N3CCCC3)n2)oc1C. The van der Waals surface area contributed by atoms with Crippen LogP contribution >= 0.6 is 11.3 Å². The van der Waals surface area contributed by atoms with E-state index in [0.29, 0.717) is 12.4 Å². The minimum Gasteiger partial charge on any atom is -0.444 e. The van der Waals surface area contributed by atoms with Gasteiger partial charge in [0.15, 0.2) is 5.13 Å². The van der Waals surface area contributed by atoms with Gasteiger partial charge in [-0.2, -0.15) is 0 Å². The molecule has 8 heteroatoms. The van der Waals surface area contributed by atoms with Gasteiger partial charge in [-0.05, 0) is 26.7 Å². The van der Waals surface area contributed by atoms with Crippen molar-refractivity contribution >= 4 is 22.5 Å². The van der Waals surface area contributed by atoms with E-state index in [2.05, 4.69) is 30.9 Å². The van der Waals surface area contributed by atoms with Gasteiger partial charge >= 0.3 is 6.03 Å². The molecule has 0 saturated carbocycles. The Morgan fingerprint density at radius 2 is 2.08 bits per heavy atom. The summed E-state index contributed by atoms with van der Waals surface area (Å²) in [6.07, 6.45) is 3.23. The third-order valence-electron chi connectivity index (χ3n) is 4.06. The molecule has 0 aromatic carbocycles. The van der Waals surface area contributed by atoms with Gasteiger partial charge in [-0.15, -0.1) is 11.3 Å². The number of carbonyl (C=O) groups is 1. The molecular formula is C16H23N5O2S. The lowest BCUT2D eigenvalue weighted by atomic mass is 10.3. The van der Waals surface area contributed by atoms with E-state index >= 15 is 0 Å². The number of hydrogen-bond donors (Lipinski definition) is 2. The fourth-order valence-electron chi connectivity index (χ4n) is 2.60. The first-order chi connectivity index (χ1) is 11.6. The third-order valence-corrected chi connectivity index (χ3v) is 5.01. The molecule has 7 nitrogen and oxygen atoms in total. The van der Waals surface area contributed by atoms with Crippen molar-refractivity contribution in [3.8, 4) is 0 Å². The lowest BCUT2D eigenvalue weighted by molar-refractivity contribution is 0.239. The monoisotopic (exact) mass is 349 g/mol. The van der Waals surface area contributed by atoms with Crippen molar-refractivity contribution in [1.82, 2.24) is 20.6 Å². The number of urea groups is 1. The van der Waals surface area contributed by atoms with E-state index in [0.717, 1.165) is 41.8 Å². The molecule has 0 radical (unpaired) electrons. The first-order valence-corrected chi connectivity index (χ1v) is 9.14. The van der Waals surface area contributed by atoms with Gasteiger partial charge in [0.2, 0.25) is 5.89 Å². The number of hydrogen-bond acceptors (Lipinski definition) is 6. The lowest BCUT2D eigenvalue weighted by Gasteiger charge is -2.12. The van der Waals surface area contributed by atoms with Crippen LogP contribution in [0.15, 0.2) is 9.80 Å². The van der Waals surface area contributed by atoms with Gasteiger partial charge in [0.05, 0.1) is 17.9 Å². The normalized spacial score (nSPS) is 14.2. The van der Waals surface area contributed by atoms with Crippen LogP contribution in [0.25, 0.3) is 0 Å². The highest BCUT2D eigenvalue weighted by atomic mass is 32.1. The van der Waals surface area contributed by atoms with Crippen molar-refractivity contribution in [3.05, 3.63) is 28.4 Å². The summed E-state index contributed by atoms with van der Waals surface area (Å²) in [6.45, 7) is 6.79. The van der Waals surface area contributed by atoms with E-state index in [4.69, 9.17) is 4.42 Å². The summed E-state index contributed by atoms with van der Waals surface area (Å²) >= 11 is 1.68. The van der Waals surface area contributed by atoms with Crippen molar-refractivity contribution in [3.63, 3.8) is 0 Å². The number of rotatable bonds is 6. The van der Waals surface area contributed by atoms with Crippen LogP contribution < -0.4 is 15.5 Å². The van der Waals surface area contributed by atoms with Crippen LogP contribution in [0.5, 0.6) is 0 Å². The van der Waals surface area contributed by atoms with E-state index in [1.807, 2.05) is 13.8 Å². The summed E-state index contributed by atoms with van der Waals surface area (Å²) in [5.41, 5.74) is 1.88. The molecule has 130 valence electrons. The average Bonchev–Trinajstić information content (AvgIpc) is 3.27. The molecule has 0 bridgehead atoms. The van der Waals surface area contributed by atoms with Crippen LogP contribution in [-0.4, -0.2) is 35.6 Å². The van der Waals surface area contributed by atoms with E-state index in [1.54, 1.807) is 11.3 Å². The van der Waals surface area contributed by atoms with Crippen molar-refractivity contribution in [2.24, 2.45) is 0 Å². The molecule has 3 rings (SSSR count). The van der Waals surface area contributed by atoms with Crippen LogP contribution in [0.2, 0.25) is 0 Å². The molecule has 0 aliphatic carbocycles. The molecule has 1 aliphatic rings.